The van der Waals surface area contributed by atoms with Crippen LogP contribution in [0.5, 0.6) is 0 Å². The highest BCUT2D eigenvalue weighted by Crippen LogP contribution is 2.42. The van der Waals surface area contributed by atoms with Gasteiger partial charge in [0.2, 0.25) is 5.95 Å². The average molecular weight is 268 g/mol. The molecule has 0 amide bonds. The van der Waals surface area contributed by atoms with Crippen LogP contribution in [0.3, 0.4) is 0 Å². The predicted octanol–water partition coefficient (Wildman–Crippen LogP) is 2.96. The molecular weight excluding hydrogens is 248 g/mol. The van der Waals surface area contributed by atoms with E-state index in [1.807, 2.05) is 0 Å². The maximum atomic E-state index is 4.59. The molecule has 3 rings (SSSR count). The molecule has 1 fully saturated rings. The number of nitrogens with one attached hydrogen (secondary N) is 1. The van der Waals surface area contributed by atoms with Gasteiger partial charge in [-0.15, -0.1) is 5.10 Å². The van der Waals surface area contributed by atoms with Gasteiger partial charge in [-0.05, 0) is 24.8 Å². The fourth-order valence-corrected chi connectivity index (χ4v) is 2.59. The van der Waals surface area contributed by atoms with Gasteiger partial charge in [0.05, 0.1) is 11.4 Å². The van der Waals surface area contributed by atoms with Crippen LogP contribution in [-0.2, 0) is 12.8 Å². The van der Waals surface area contributed by atoms with Gasteiger partial charge in [0.15, 0.2) is 0 Å². The Kier molecular flexibility index (Phi) is 3.63. The van der Waals surface area contributed by atoms with E-state index in [9.17, 15) is 0 Å². The van der Waals surface area contributed by atoms with Crippen molar-refractivity contribution in [2.75, 3.05) is 5.32 Å². The van der Waals surface area contributed by atoms with Gasteiger partial charge in [0.25, 0.3) is 0 Å². The molecule has 4 heteroatoms. The summed E-state index contributed by atoms with van der Waals surface area (Å²) in [7, 11) is 0. The smallest absolute Gasteiger partial charge is 0.243 e. The predicted molar refractivity (Wildman–Crippen MR) is 79.8 cm³/mol. The molecule has 0 saturated heterocycles. The normalized spacial score (nSPS) is 20.7. The fraction of sp³-hybridized carbons (Fsp3) is 0.438. The summed E-state index contributed by atoms with van der Waals surface area (Å²) in [6.45, 7) is 4.20. The lowest BCUT2D eigenvalue weighted by atomic mass is 10.1. The molecule has 4 nitrogen and oxygen atoms in total. The quantitative estimate of drug-likeness (QED) is 0.905. The van der Waals surface area contributed by atoms with Crippen LogP contribution < -0.4 is 5.32 Å². The molecule has 1 aromatic carbocycles. The van der Waals surface area contributed by atoms with Crippen LogP contribution in [0.4, 0.5) is 5.95 Å². The van der Waals surface area contributed by atoms with Gasteiger partial charge in [0.1, 0.15) is 0 Å². The minimum atomic E-state index is 0.441. The highest BCUT2D eigenvalue weighted by molar-refractivity contribution is 5.37. The van der Waals surface area contributed by atoms with Crippen molar-refractivity contribution in [2.45, 2.75) is 45.1 Å². The maximum absolute atomic E-state index is 4.59. The van der Waals surface area contributed by atoms with Crippen molar-refractivity contribution >= 4 is 5.95 Å². The molecule has 0 radical (unpaired) electrons. The Morgan fingerprint density at radius 3 is 2.50 bits per heavy atom. The van der Waals surface area contributed by atoms with Crippen LogP contribution in [0.1, 0.15) is 43.1 Å². The van der Waals surface area contributed by atoms with E-state index >= 15 is 0 Å². The molecule has 1 N–H and O–H groups in total. The number of aromatic nitrogens is 3. The highest BCUT2D eigenvalue weighted by atomic mass is 15.3. The number of hydrogen-bond donors (Lipinski definition) is 1. The lowest BCUT2D eigenvalue weighted by molar-refractivity contribution is 0.817. The van der Waals surface area contributed by atoms with Crippen LogP contribution >= 0.6 is 0 Å². The van der Waals surface area contributed by atoms with Gasteiger partial charge >= 0.3 is 0 Å². The first kappa shape index (κ1) is 13.0. The van der Waals surface area contributed by atoms with E-state index in [-0.39, 0.29) is 0 Å². The highest BCUT2D eigenvalue weighted by Gasteiger charge is 2.38. The van der Waals surface area contributed by atoms with Crippen molar-refractivity contribution in [3.63, 3.8) is 0 Å². The summed E-state index contributed by atoms with van der Waals surface area (Å²) in [4.78, 5) is 4.59. The molecule has 104 valence electrons. The topological polar surface area (TPSA) is 50.7 Å². The second kappa shape index (κ2) is 5.57. The molecule has 0 aliphatic heterocycles. The summed E-state index contributed by atoms with van der Waals surface area (Å²) < 4.78 is 0. The SMILES string of the molecule is CCc1nnc(NC2CC2c2ccccc2)nc1CC. The lowest BCUT2D eigenvalue weighted by Gasteiger charge is -2.07. The van der Waals surface area contributed by atoms with Crippen LogP contribution in [-0.4, -0.2) is 21.2 Å². The minimum absolute atomic E-state index is 0.441. The molecule has 2 unspecified atom stereocenters. The summed E-state index contributed by atoms with van der Waals surface area (Å²) >= 11 is 0. The summed E-state index contributed by atoms with van der Waals surface area (Å²) in [5.74, 6) is 1.25. The fourth-order valence-electron chi connectivity index (χ4n) is 2.59. The second-order valence-corrected chi connectivity index (χ2v) is 5.24. The maximum Gasteiger partial charge on any atom is 0.243 e. The zero-order chi connectivity index (χ0) is 13.9. The standard InChI is InChI=1S/C16H20N4/c1-3-13-14(4-2)19-20-16(17-13)18-15-10-12(15)11-8-6-5-7-9-11/h5-9,12,15H,3-4,10H2,1-2H3,(H,17,18,20). The Morgan fingerprint density at radius 1 is 1.05 bits per heavy atom. The second-order valence-electron chi connectivity index (χ2n) is 5.24. The third-order valence-electron chi connectivity index (χ3n) is 3.84. The van der Waals surface area contributed by atoms with Crippen molar-refractivity contribution in [3.05, 3.63) is 47.3 Å². The van der Waals surface area contributed by atoms with Gasteiger partial charge < -0.3 is 5.32 Å². The number of anilines is 1. The summed E-state index contributed by atoms with van der Waals surface area (Å²) in [5.41, 5.74) is 3.45. The van der Waals surface area contributed by atoms with Crippen LogP contribution in [0.25, 0.3) is 0 Å². The lowest BCUT2D eigenvalue weighted by Crippen LogP contribution is -2.12. The summed E-state index contributed by atoms with van der Waals surface area (Å²) in [5, 5.41) is 11.9. The molecule has 20 heavy (non-hydrogen) atoms. The molecule has 0 bridgehead atoms. The van der Waals surface area contributed by atoms with Gasteiger partial charge in [-0.2, -0.15) is 5.10 Å². The average Bonchev–Trinajstić information content (AvgIpc) is 3.27. The first-order valence-electron chi connectivity index (χ1n) is 7.35. The molecule has 1 aromatic heterocycles. The number of rotatable bonds is 5. The Labute approximate surface area is 119 Å². The van der Waals surface area contributed by atoms with Gasteiger partial charge in [0, 0.05) is 12.0 Å². The zero-order valence-electron chi connectivity index (χ0n) is 12.0. The monoisotopic (exact) mass is 268 g/mol. The number of nitrogens with zero attached hydrogens (tertiary/aromatic N) is 3. The van der Waals surface area contributed by atoms with Crippen molar-refractivity contribution in [3.8, 4) is 0 Å². The number of hydrogen-bond acceptors (Lipinski definition) is 4. The largest absolute Gasteiger partial charge is 0.350 e. The molecule has 1 aliphatic rings. The Bertz CT molecular complexity index is 582. The molecule has 2 aromatic rings. The van der Waals surface area contributed by atoms with E-state index < -0.39 is 0 Å². The van der Waals surface area contributed by atoms with Crippen LogP contribution in [0.15, 0.2) is 30.3 Å². The van der Waals surface area contributed by atoms with E-state index in [1.54, 1.807) is 0 Å². The Morgan fingerprint density at radius 2 is 1.80 bits per heavy atom. The molecule has 1 aliphatic carbocycles. The van der Waals surface area contributed by atoms with Crippen molar-refractivity contribution in [1.29, 1.82) is 0 Å². The molecule has 1 saturated carbocycles. The van der Waals surface area contributed by atoms with Crippen molar-refractivity contribution in [1.82, 2.24) is 15.2 Å². The van der Waals surface area contributed by atoms with E-state index in [4.69, 9.17) is 0 Å². The molecule has 2 atom stereocenters. The number of aryl methyl sites for hydroxylation is 2. The van der Waals surface area contributed by atoms with Gasteiger partial charge in [-0.1, -0.05) is 44.2 Å². The van der Waals surface area contributed by atoms with Crippen LogP contribution in [0, 0.1) is 0 Å². The number of benzene rings is 1. The van der Waals surface area contributed by atoms with E-state index in [0.717, 1.165) is 30.7 Å². The van der Waals surface area contributed by atoms with E-state index in [0.29, 0.717) is 17.9 Å². The zero-order valence-corrected chi connectivity index (χ0v) is 12.0. The molecular formula is C16H20N4. The van der Waals surface area contributed by atoms with Crippen LogP contribution in [0.2, 0.25) is 0 Å². The molecule has 1 heterocycles. The molecule has 0 spiro atoms. The van der Waals surface area contributed by atoms with Gasteiger partial charge in [-0.25, -0.2) is 4.98 Å². The Hall–Kier alpha value is -1.97. The minimum Gasteiger partial charge on any atom is -0.350 e. The Balaban J connectivity index is 1.68. The first-order valence-corrected chi connectivity index (χ1v) is 7.35. The summed E-state index contributed by atoms with van der Waals surface area (Å²) in [6.07, 6.45) is 2.93. The first-order chi connectivity index (χ1) is 9.81. The van der Waals surface area contributed by atoms with Crippen molar-refractivity contribution in [2.24, 2.45) is 0 Å². The third kappa shape index (κ3) is 2.64. The van der Waals surface area contributed by atoms with Crippen molar-refractivity contribution < 1.29 is 0 Å². The third-order valence-corrected chi connectivity index (χ3v) is 3.84. The van der Waals surface area contributed by atoms with E-state index in [2.05, 4.69) is 64.7 Å². The van der Waals surface area contributed by atoms with E-state index in [1.165, 1.54) is 5.56 Å². The summed E-state index contributed by atoms with van der Waals surface area (Å²) in [6, 6.07) is 11.0. The van der Waals surface area contributed by atoms with Gasteiger partial charge in [-0.3, -0.25) is 0 Å².